The second-order valence-electron chi connectivity index (χ2n) is 6.05. The molecule has 0 aliphatic carbocycles. The van der Waals surface area contributed by atoms with Gasteiger partial charge in [-0.05, 0) is 36.0 Å². The number of nitrogens with one attached hydrogen (secondary N) is 1. The normalized spacial score (nSPS) is 11.9. The fraction of sp³-hybridized carbons (Fsp3) is 0.625. The standard InChI is InChI=1S/C16H27NO/c1-13(2)17-12-16(3,4)11-10-14-6-8-15(18-5)9-7-14/h6-9,13,17H,10-12H2,1-5H3. The van der Waals surface area contributed by atoms with Gasteiger partial charge < -0.3 is 10.1 Å². The van der Waals surface area contributed by atoms with Gasteiger partial charge in [0.1, 0.15) is 5.75 Å². The summed E-state index contributed by atoms with van der Waals surface area (Å²) in [5.74, 6) is 0.930. The fourth-order valence-corrected chi connectivity index (χ4v) is 1.84. The first-order valence-corrected chi connectivity index (χ1v) is 6.79. The number of hydrogen-bond acceptors (Lipinski definition) is 2. The van der Waals surface area contributed by atoms with Gasteiger partial charge in [-0.3, -0.25) is 0 Å². The molecule has 0 unspecified atom stereocenters. The van der Waals surface area contributed by atoms with Gasteiger partial charge in [-0.1, -0.05) is 39.8 Å². The predicted octanol–water partition coefficient (Wildman–Crippen LogP) is 3.65. The van der Waals surface area contributed by atoms with E-state index in [1.54, 1.807) is 7.11 Å². The van der Waals surface area contributed by atoms with Crippen LogP contribution in [0.1, 0.15) is 39.7 Å². The molecule has 2 heteroatoms. The van der Waals surface area contributed by atoms with Crippen LogP contribution in [0, 0.1) is 5.41 Å². The van der Waals surface area contributed by atoms with Crippen LogP contribution < -0.4 is 10.1 Å². The van der Waals surface area contributed by atoms with E-state index in [1.807, 2.05) is 12.1 Å². The van der Waals surface area contributed by atoms with Gasteiger partial charge in [0, 0.05) is 12.6 Å². The quantitative estimate of drug-likeness (QED) is 0.796. The van der Waals surface area contributed by atoms with Crippen molar-refractivity contribution in [3.05, 3.63) is 29.8 Å². The van der Waals surface area contributed by atoms with E-state index in [4.69, 9.17) is 4.74 Å². The molecule has 2 nitrogen and oxygen atoms in total. The van der Waals surface area contributed by atoms with Crippen LogP contribution in [0.5, 0.6) is 5.75 Å². The maximum Gasteiger partial charge on any atom is 0.118 e. The molecule has 0 aliphatic rings. The first-order valence-electron chi connectivity index (χ1n) is 6.79. The van der Waals surface area contributed by atoms with Crippen LogP contribution in [0.2, 0.25) is 0 Å². The molecule has 1 N–H and O–H groups in total. The average molecular weight is 249 g/mol. The van der Waals surface area contributed by atoms with Gasteiger partial charge in [0.25, 0.3) is 0 Å². The van der Waals surface area contributed by atoms with Crippen molar-refractivity contribution in [2.24, 2.45) is 5.41 Å². The second kappa shape index (κ2) is 6.79. The molecule has 102 valence electrons. The van der Waals surface area contributed by atoms with Gasteiger partial charge in [0.05, 0.1) is 7.11 Å². The summed E-state index contributed by atoms with van der Waals surface area (Å²) in [7, 11) is 1.70. The summed E-state index contributed by atoms with van der Waals surface area (Å²) in [6.45, 7) is 10.1. The predicted molar refractivity (Wildman–Crippen MR) is 78.2 cm³/mol. The van der Waals surface area contributed by atoms with Gasteiger partial charge in [0.15, 0.2) is 0 Å². The van der Waals surface area contributed by atoms with Gasteiger partial charge in [-0.25, -0.2) is 0 Å². The number of aryl methyl sites for hydroxylation is 1. The number of hydrogen-bond donors (Lipinski definition) is 1. The third-order valence-electron chi connectivity index (χ3n) is 3.24. The van der Waals surface area contributed by atoms with Gasteiger partial charge in [0.2, 0.25) is 0 Å². The average Bonchev–Trinajstić information content (AvgIpc) is 2.35. The van der Waals surface area contributed by atoms with Crippen molar-refractivity contribution in [3.8, 4) is 5.75 Å². The minimum atomic E-state index is 0.337. The minimum absolute atomic E-state index is 0.337. The summed E-state index contributed by atoms with van der Waals surface area (Å²) >= 11 is 0. The van der Waals surface area contributed by atoms with E-state index in [2.05, 4.69) is 45.1 Å². The Morgan fingerprint density at radius 3 is 2.28 bits per heavy atom. The number of methoxy groups -OCH3 is 1. The third-order valence-corrected chi connectivity index (χ3v) is 3.24. The highest BCUT2D eigenvalue weighted by atomic mass is 16.5. The lowest BCUT2D eigenvalue weighted by Gasteiger charge is -2.26. The van der Waals surface area contributed by atoms with E-state index in [-0.39, 0.29) is 0 Å². The van der Waals surface area contributed by atoms with Crippen molar-refractivity contribution in [1.82, 2.24) is 5.32 Å². The Balaban J connectivity index is 2.42. The topological polar surface area (TPSA) is 21.3 Å². The zero-order valence-corrected chi connectivity index (χ0v) is 12.4. The first-order chi connectivity index (χ1) is 8.43. The van der Waals surface area contributed by atoms with Gasteiger partial charge in [-0.2, -0.15) is 0 Å². The zero-order valence-electron chi connectivity index (χ0n) is 12.4. The van der Waals surface area contributed by atoms with Crippen LogP contribution in [-0.4, -0.2) is 19.7 Å². The summed E-state index contributed by atoms with van der Waals surface area (Å²) in [4.78, 5) is 0. The van der Waals surface area contributed by atoms with Crippen molar-refractivity contribution in [2.75, 3.05) is 13.7 Å². The Bertz CT molecular complexity index is 341. The number of rotatable bonds is 7. The Labute approximate surface area is 112 Å². The molecule has 0 aliphatic heterocycles. The Morgan fingerprint density at radius 1 is 1.17 bits per heavy atom. The maximum absolute atomic E-state index is 5.17. The second-order valence-corrected chi connectivity index (χ2v) is 6.05. The zero-order chi connectivity index (χ0) is 13.6. The molecule has 0 bridgehead atoms. The number of ether oxygens (including phenoxy) is 1. The lowest BCUT2D eigenvalue weighted by Crippen LogP contribution is -2.34. The molecule has 0 atom stereocenters. The van der Waals surface area contributed by atoms with Crippen LogP contribution in [0.25, 0.3) is 0 Å². The van der Waals surface area contributed by atoms with Crippen LogP contribution in [0.15, 0.2) is 24.3 Å². The molecular weight excluding hydrogens is 222 g/mol. The van der Waals surface area contributed by atoms with Crippen LogP contribution in [0.3, 0.4) is 0 Å². The molecule has 0 saturated heterocycles. The monoisotopic (exact) mass is 249 g/mol. The van der Waals surface area contributed by atoms with E-state index in [9.17, 15) is 0 Å². The van der Waals surface area contributed by atoms with E-state index < -0.39 is 0 Å². The highest BCUT2D eigenvalue weighted by Crippen LogP contribution is 2.23. The molecule has 0 spiro atoms. The van der Waals surface area contributed by atoms with Gasteiger partial charge >= 0.3 is 0 Å². The summed E-state index contributed by atoms with van der Waals surface area (Å²) < 4.78 is 5.17. The van der Waals surface area contributed by atoms with Crippen molar-refractivity contribution < 1.29 is 4.74 Å². The largest absolute Gasteiger partial charge is 0.497 e. The van der Waals surface area contributed by atoms with Crippen molar-refractivity contribution in [1.29, 1.82) is 0 Å². The molecule has 1 rings (SSSR count). The SMILES string of the molecule is COc1ccc(CCC(C)(C)CNC(C)C)cc1. The first kappa shape index (κ1) is 15.0. The molecule has 0 heterocycles. The fourth-order valence-electron chi connectivity index (χ4n) is 1.84. The Morgan fingerprint density at radius 2 is 1.78 bits per heavy atom. The minimum Gasteiger partial charge on any atom is -0.497 e. The summed E-state index contributed by atoms with van der Waals surface area (Å²) in [5.41, 5.74) is 1.72. The highest BCUT2D eigenvalue weighted by molar-refractivity contribution is 5.27. The maximum atomic E-state index is 5.17. The van der Waals surface area contributed by atoms with Crippen LogP contribution in [-0.2, 0) is 6.42 Å². The van der Waals surface area contributed by atoms with E-state index in [0.29, 0.717) is 11.5 Å². The van der Waals surface area contributed by atoms with E-state index in [1.165, 1.54) is 12.0 Å². The van der Waals surface area contributed by atoms with Gasteiger partial charge in [-0.15, -0.1) is 0 Å². The lowest BCUT2D eigenvalue weighted by atomic mass is 9.86. The van der Waals surface area contributed by atoms with E-state index >= 15 is 0 Å². The molecule has 0 saturated carbocycles. The molecule has 1 aromatic rings. The molecule has 18 heavy (non-hydrogen) atoms. The van der Waals surface area contributed by atoms with Crippen molar-refractivity contribution >= 4 is 0 Å². The smallest absolute Gasteiger partial charge is 0.118 e. The highest BCUT2D eigenvalue weighted by Gasteiger charge is 2.17. The number of benzene rings is 1. The summed E-state index contributed by atoms with van der Waals surface area (Å²) in [5, 5.41) is 3.52. The molecule has 0 amide bonds. The van der Waals surface area contributed by atoms with E-state index in [0.717, 1.165) is 18.7 Å². The van der Waals surface area contributed by atoms with Crippen LogP contribution >= 0.6 is 0 Å². The molecule has 0 fully saturated rings. The van der Waals surface area contributed by atoms with Crippen molar-refractivity contribution in [2.45, 2.75) is 46.6 Å². The summed E-state index contributed by atoms with van der Waals surface area (Å²) in [6.07, 6.45) is 2.32. The molecule has 0 aromatic heterocycles. The third kappa shape index (κ3) is 5.54. The van der Waals surface area contributed by atoms with Crippen LogP contribution in [0.4, 0.5) is 0 Å². The summed E-state index contributed by atoms with van der Waals surface area (Å²) in [6, 6.07) is 8.95. The Hall–Kier alpha value is -1.02. The Kier molecular flexibility index (Phi) is 5.67. The molecular formula is C16H27NO. The van der Waals surface area contributed by atoms with Crippen molar-refractivity contribution in [3.63, 3.8) is 0 Å². The molecule has 0 radical (unpaired) electrons. The lowest BCUT2D eigenvalue weighted by molar-refractivity contribution is 0.304. The molecule has 1 aromatic carbocycles.